The zero-order valence-electron chi connectivity index (χ0n) is 13.5. The van der Waals surface area contributed by atoms with Crippen molar-refractivity contribution in [1.29, 1.82) is 0 Å². The summed E-state index contributed by atoms with van der Waals surface area (Å²) in [7, 11) is 0. The van der Waals surface area contributed by atoms with Crippen molar-refractivity contribution in [1.82, 2.24) is 0 Å². The number of nitrogens with two attached hydrogens (primary N) is 1. The van der Waals surface area contributed by atoms with Crippen molar-refractivity contribution in [3.8, 4) is 0 Å². The standard InChI is InChI=1S/C18H32N2O/c1-2-17(19)12-8-5-3-4-6-9-13-18(16-20-21)14-10-7-11-15-18/h5-6,8-9,16-17,21H,2-4,7,10-15,19H2,1H3. The molecule has 0 bridgehead atoms. The first-order chi connectivity index (χ1) is 10.2. The molecule has 1 unspecified atom stereocenters. The molecule has 1 rings (SSSR count). The maximum absolute atomic E-state index is 8.87. The molecule has 0 aromatic rings. The van der Waals surface area contributed by atoms with E-state index in [0.29, 0.717) is 6.04 Å². The molecule has 1 fully saturated rings. The Morgan fingerprint density at radius 3 is 2.38 bits per heavy atom. The molecule has 1 aliphatic rings. The summed E-state index contributed by atoms with van der Waals surface area (Å²) in [6.45, 7) is 2.12. The minimum Gasteiger partial charge on any atom is -0.411 e. The molecule has 21 heavy (non-hydrogen) atoms. The van der Waals surface area contributed by atoms with Crippen molar-refractivity contribution in [3.63, 3.8) is 0 Å². The molecular weight excluding hydrogens is 260 g/mol. The molecule has 0 amide bonds. The summed E-state index contributed by atoms with van der Waals surface area (Å²) in [4.78, 5) is 0. The first-order valence-electron chi connectivity index (χ1n) is 8.46. The highest BCUT2D eigenvalue weighted by molar-refractivity contribution is 5.65. The quantitative estimate of drug-likeness (QED) is 0.211. The minimum atomic E-state index is 0.104. The highest BCUT2D eigenvalue weighted by Crippen LogP contribution is 2.38. The molecule has 0 aromatic heterocycles. The Morgan fingerprint density at radius 1 is 1.10 bits per heavy atom. The lowest BCUT2D eigenvalue weighted by Crippen LogP contribution is -2.25. The van der Waals surface area contributed by atoms with Crippen LogP contribution in [0.3, 0.4) is 0 Å². The van der Waals surface area contributed by atoms with Crippen molar-refractivity contribution >= 4 is 6.21 Å². The molecule has 0 heterocycles. The number of hydrogen-bond acceptors (Lipinski definition) is 3. The average molecular weight is 292 g/mol. The third-order valence-corrected chi connectivity index (χ3v) is 4.50. The van der Waals surface area contributed by atoms with E-state index in [9.17, 15) is 0 Å². The van der Waals surface area contributed by atoms with Gasteiger partial charge in [-0.1, -0.05) is 50.5 Å². The van der Waals surface area contributed by atoms with Gasteiger partial charge in [0.25, 0.3) is 0 Å². The summed E-state index contributed by atoms with van der Waals surface area (Å²) in [5.74, 6) is 0. The Bertz CT molecular complexity index is 341. The summed E-state index contributed by atoms with van der Waals surface area (Å²) in [6, 6.07) is 0.306. The van der Waals surface area contributed by atoms with Crippen LogP contribution in [0.1, 0.15) is 71.1 Å². The van der Waals surface area contributed by atoms with Crippen LogP contribution in [-0.2, 0) is 0 Å². The zero-order chi connectivity index (χ0) is 15.4. The van der Waals surface area contributed by atoms with Gasteiger partial charge in [0, 0.05) is 11.5 Å². The molecule has 3 heteroatoms. The summed E-state index contributed by atoms with van der Waals surface area (Å²) in [6.07, 6.45) is 22.0. The first kappa shape index (κ1) is 18.0. The molecule has 0 aliphatic heterocycles. The van der Waals surface area contributed by atoms with Gasteiger partial charge in [0.1, 0.15) is 0 Å². The number of nitrogens with zero attached hydrogens (tertiary/aromatic N) is 1. The van der Waals surface area contributed by atoms with E-state index in [2.05, 4.69) is 36.4 Å². The predicted octanol–water partition coefficient (Wildman–Crippen LogP) is 4.81. The van der Waals surface area contributed by atoms with Gasteiger partial charge in [-0.15, -0.1) is 5.16 Å². The second-order valence-electron chi connectivity index (χ2n) is 6.30. The molecule has 1 aliphatic carbocycles. The second kappa shape index (κ2) is 10.6. The normalized spacial score (nSPS) is 20.7. The van der Waals surface area contributed by atoms with Crippen LogP contribution in [0.2, 0.25) is 0 Å². The smallest absolute Gasteiger partial charge is 0.0500 e. The summed E-state index contributed by atoms with van der Waals surface area (Å²) in [5, 5.41) is 12.2. The lowest BCUT2D eigenvalue weighted by molar-refractivity contribution is 0.269. The maximum Gasteiger partial charge on any atom is 0.0500 e. The molecular formula is C18H32N2O. The van der Waals surface area contributed by atoms with E-state index in [4.69, 9.17) is 10.9 Å². The van der Waals surface area contributed by atoms with Crippen molar-refractivity contribution in [2.75, 3.05) is 0 Å². The number of hydrogen-bond donors (Lipinski definition) is 2. The van der Waals surface area contributed by atoms with Crippen LogP contribution in [0.15, 0.2) is 29.5 Å². The van der Waals surface area contributed by atoms with Gasteiger partial charge >= 0.3 is 0 Å². The molecule has 1 saturated carbocycles. The predicted molar refractivity (Wildman–Crippen MR) is 90.8 cm³/mol. The number of rotatable bonds is 9. The zero-order valence-corrected chi connectivity index (χ0v) is 13.5. The van der Waals surface area contributed by atoms with Crippen LogP contribution in [-0.4, -0.2) is 17.5 Å². The number of allylic oxidation sites excluding steroid dienone is 3. The fourth-order valence-electron chi connectivity index (χ4n) is 2.95. The van der Waals surface area contributed by atoms with Gasteiger partial charge in [0.05, 0.1) is 6.21 Å². The maximum atomic E-state index is 8.87. The van der Waals surface area contributed by atoms with Crippen LogP contribution in [0, 0.1) is 5.41 Å². The van der Waals surface area contributed by atoms with Crippen LogP contribution < -0.4 is 5.73 Å². The van der Waals surface area contributed by atoms with E-state index in [1.807, 2.05) is 0 Å². The fraction of sp³-hybridized carbons (Fsp3) is 0.722. The molecule has 3 N–H and O–H groups in total. The highest BCUT2D eigenvalue weighted by atomic mass is 16.4. The summed E-state index contributed by atoms with van der Waals surface area (Å²) < 4.78 is 0. The van der Waals surface area contributed by atoms with Gasteiger partial charge in [0.2, 0.25) is 0 Å². The Kier molecular flexibility index (Phi) is 9.07. The summed E-state index contributed by atoms with van der Waals surface area (Å²) >= 11 is 0. The Morgan fingerprint density at radius 2 is 1.76 bits per heavy atom. The Labute approximate surface area is 130 Å². The molecule has 1 atom stereocenters. The van der Waals surface area contributed by atoms with E-state index in [-0.39, 0.29) is 5.41 Å². The lowest BCUT2D eigenvalue weighted by atomic mass is 9.72. The SMILES string of the molecule is CCC(N)CC=CCCC=CCC1(C=NO)CCCCC1. The van der Waals surface area contributed by atoms with Gasteiger partial charge in [-0.3, -0.25) is 0 Å². The molecule has 0 radical (unpaired) electrons. The Hall–Kier alpha value is -1.09. The van der Waals surface area contributed by atoms with Crippen LogP contribution >= 0.6 is 0 Å². The van der Waals surface area contributed by atoms with Crippen LogP contribution in [0.4, 0.5) is 0 Å². The van der Waals surface area contributed by atoms with Crippen molar-refractivity contribution in [3.05, 3.63) is 24.3 Å². The molecule has 0 aromatic carbocycles. The van der Waals surface area contributed by atoms with Crippen LogP contribution in [0.25, 0.3) is 0 Å². The molecule has 0 saturated heterocycles. The van der Waals surface area contributed by atoms with E-state index < -0.39 is 0 Å². The highest BCUT2D eigenvalue weighted by Gasteiger charge is 2.29. The van der Waals surface area contributed by atoms with E-state index in [1.54, 1.807) is 6.21 Å². The van der Waals surface area contributed by atoms with Gasteiger partial charge in [-0.2, -0.15) is 0 Å². The van der Waals surface area contributed by atoms with Crippen molar-refractivity contribution in [2.45, 2.75) is 77.2 Å². The number of unbranched alkanes of at least 4 members (excludes halogenated alkanes) is 1. The van der Waals surface area contributed by atoms with Crippen molar-refractivity contribution < 1.29 is 5.21 Å². The Balaban J connectivity index is 2.23. The van der Waals surface area contributed by atoms with E-state index in [1.165, 1.54) is 19.3 Å². The lowest BCUT2D eigenvalue weighted by Gasteiger charge is -2.32. The third kappa shape index (κ3) is 7.47. The largest absolute Gasteiger partial charge is 0.411 e. The molecule has 120 valence electrons. The van der Waals surface area contributed by atoms with Gasteiger partial charge < -0.3 is 10.9 Å². The van der Waals surface area contributed by atoms with Gasteiger partial charge in [-0.25, -0.2) is 0 Å². The van der Waals surface area contributed by atoms with Gasteiger partial charge in [0.15, 0.2) is 0 Å². The molecule has 3 nitrogen and oxygen atoms in total. The van der Waals surface area contributed by atoms with E-state index >= 15 is 0 Å². The average Bonchev–Trinajstić information content (AvgIpc) is 2.51. The first-order valence-corrected chi connectivity index (χ1v) is 8.46. The van der Waals surface area contributed by atoms with Crippen LogP contribution in [0.5, 0.6) is 0 Å². The van der Waals surface area contributed by atoms with E-state index in [0.717, 1.165) is 44.9 Å². The van der Waals surface area contributed by atoms with Crippen molar-refractivity contribution in [2.24, 2.45) is 16.3 Å². The number of oxime groups is 1. The monoisotopic (exact) mass is 292 g/mol. The summed E-state index contributed by atoms with van der Waals surface area (Å²) in [5.41, 5.74) is 5.97. The fourth-order valence-corrected chi connectivity index (χ4v) is 2.95. The molecule has 0 spiro atoms. The second-order valence-corrected chi connectivity index (χ2v) is 6.30. The minimum absolute atomic E-state index is 0.104. The topological polar surface area (TPSA) is 58.6 Å². The van der Waals surface area contributed by atoms with Gasteiger partial charge in [-0.05, 0) is 44.9 Å². The third-order valence-electron chi connectivity index (χ3n) is 4.50.